The molecular weight excluding hydrogens is 170 g/mol. The summed E-state index contributed by atoms with van der Waals surface area (Å²) < 4.78 is 1.87. The molecule has 1 unspecified atom stereocenters. The fourth-order valence-corrected chi connectivity index (χ4v) is 1.05. The van der Waals surface area contributed by atoms with E-state index in [9.17, 15) is 0 Å². The Morgan fingerprint density at radius 1 is 2.00 bits per heavy atom. The molecule has 0 bridgehead atoms. The van der Waals surface area contributed by atoms with Crippen LogP contribution in [0.5, 0.6) is 0 Å². The predicted octanol–water partition coefficient (Wildman–Crippen LogP) is 0.881. The molecule has 0 radical (unpaired) electrons. The van der Waals surface area contributed by atoms with Crippen LogP contribution >= 0.6 is 16.1 Å². The Morgan fingerprint density at radius 3 is 3.00 bits per heavy atom. The first-order valence-electron chi connectivity index (χ1n) is 2.57. The highest BCUT2D eigenvalue weighted by atomic mass is 79.9. The molecule has 0 spiro atoms. The van der Waals surface area contributed by atoms with Gasteiger partial charge in [-0.1, -0.05) is 6.92 Å². The largest absolute Gasteiger partial charge is 0.285 e. The third-order valence-corrected chi connectivity index (χ3v) is 1.75. The quantitative estimate of drug-likeness (QED) is 0.603. The van der Waals surface area contributed by atoms with E-state index in [1.165, 1.54) is 0 Å². The molecule has 1 aliphatic rings. The van der Waals surface area contributed by atoms with Crippen LogP contribution in [0.1, 0.15) is 13.3 Å². The lowest BCUT2D eigenvalue weighted by Crippen LogP contribution is -2.28. The molecule has 8 heavy (non-hydrogen) atoms. The second kappa shape index (κ2) is 2.35. The Labute approximate surface area is 57.1 Å². The maximum Gasteiger partial charge on any atom is 0.126 e. The molecule has 0 aromatic rings. The van der Waals surface area contributed by atoms with Crippen LogP contribution < -0.4 is 5.43 Å². The summed E-state index contributed by atoms with van der Waals surface area (Å²) in [6, 6.07) is 0. The van der Waals surface area contributed by atoms with Gasteiger partial charge in [0.1, 0.15) is 12.5 Å². The van der Waals surface area contributed by atoms with Crippen LogP contribution in [0.2, 0.25) is 0 Å². The molecule has 3 nitrogen and oxygen atoms in total. The molecule has 0 amide bonds. The third kappa shape index (κ3) is 0.940. The van der Waals surface area contributed by atoms with Crippen molar-refractivity contribution in [3.63, 3.8) is 0 Å². The Hall–Kier alpha value is -0.250. The molecule has 0 aromatic carbocycles. The second-order valence-electron chi connectivity index (χ2n) is 1.64. The van der Waals surface area contributed by atoms with Crippen molar-refractivity contribution in [1.82, 2.24) is 9.35 Å². The van der Waals surface area contributed by atoms with Gasteiger partial charge >= 0.3 is 0 Å². The Morgan fingerprint density at radius 2 is 2.75 bits per heavy atom. The molecule has 0 aliphatic carbocycles. The summed E-state index contributed by atoms with van der Waals surface area (Å²) >= 11 is 3.29. The topological polar surface area (TPSA) is 27.6 Å². The van der Waals surface area contributed by atoms with E-state index in [0.29, 0.717) is 6.17 Å². The van der Waals surface area contributed by atoms with E-state index in [2.05, 4.69) is 33.6 Å². The maximum absolute atomic E-state index is 3.82. The van der Waals surface area contributed by atoms with Crippen LogP contribution in [-0.2, 0) is 0 Å². The number of nitrogens with zero attached hydrogens (tertiary/aromatic N) is 2. The monoisotopic (exact) mass is 177 g/mol. The van der Waals surface area contributed by atoms with Crippen molar-refractivity contribution in [3.05, 3.63) is 0 Å². The third-order valence-electron chi connectivity index (χ3n) is 1.08. The average molecular weight is 178 g/mol. The van der Waals surface area contributed by atoms with Gasteiger partial charge in [0.15, 0.2) is 0 Å². The van der Waals surface area contributed by atoms with Gasteiger partial charge in [-0.15, -0.1) is 0 Å². The number of halogens is 1. The van der Waals surface area contributed by atoms with E-state index < -0.39 is 0 Å². The molecule has 0 fully saturated rings. The van der Waals surface area contributed by atoms with Crippen molar-refractivity contribution < 1.29 is 0 Å². The summed E-state index contributed by atoms with van der Waals surface area (Å²) in [5.41, 5.74) is 2.90. The molecule has 0 aromatic heterocycles. The van der Waals surface area contributed by atoms with Crippen LogP contribution in [0, 0.1) is 0 Å². The van der Waals surface area contributed by atoms with Crippen LogP contribution in [0.4, 0.5) is 0 Å². The van der Waals surface area contributed by atoms with Crippen LogP contribution in [0.25, 0.3) is 0 Å². The van der Waals surface area contributed by atoms with E-state index in [-0.39, 0.29) is 0 Å². The standard InChI is InChI=1S/C4H8BrN3/c1-2-4-7-6-3-8(4)5/h3-4,7H,2H2,1H3. The normalized spacial score (nSPS) is 26.2. The van der Waals surface area contributed by atoms with Gasteiger partial charge in [0.25, 0.3) is 0 Å². The predicted molar refractivity (Wildman–Crippen MR) is 36.5 cm³/mol. The van der Waals surface area contributed by atoms with Gasteiger partial charge in [-0.2, -0.15) is 5.10 Å². The molecule has 0 saturated heterocycles. The Balaban J connectivity index is 2.38. The molecule has 1 heterocycles. The van der Waals surface area contributed by atoms with Gasteiger partial charge < -0.3 is 0 Å². The molecule has 4 heteroatoms. The highest BCUT2D eigenvalue weighted by Gasteiger charge is 2.13. The van der Waals surface area contributed by atoms with E-state index in [4.69, 9.17) is 0 Å². The van der Waals surface area contributed by atoms with Gasteiger partial charge in [0, 0.05) is 0 Å². The number of hydrazone groups is 1. The molecule has 0 saturated carbocycles. The lowest BCUT2D eigenvalue weighted by Gasteiger charge is -2.13. The zero-order valence-corrected chi connectivity index (χ0v) is 6.22. The number of rotatable bonds is 1. The first-order valence-corrected chi connectivity index (χ1v) is 3.28. The molecule has 1 N–H and O–H groups in total. The van der Waals surface area contributed by atoms with Gasteiger partial charge in [-0.25, -0.2) is 0 Å². The number of nitrogens with one attached hydrogen (secondary N) is 1. The highest BCUT2D eigenvalue weighted by molar-refractivity contribution is 9.07. The molecular formula is C4H8BrN3. The summed E-state index contributed by atoms with van der Waals surface area (Å²) in [4.78, 5) is 0. The van der Waals surface area contributed by atoms with E-state index in [0.717, 1.165) is 6.42 Å². The molecule has 46 valence electrons. The Kier molecular flexibility index (Phi) is 1.73. The fraction of sp³-hybridized carbons (Fsp3) is 0.750. The number of hydrogen-bond donors (Lipinski definition) is 1. The average Bonchev–Trinajstić information content (AvgIpc) is 2.14. The zero-order valence-electron chi connectivity index (χ0n) is 4.63. The zero-order chi connectivity index (χ0) is 5.98. The van der Waals surface area contributed by atoms with Gasteiger partial charge in [-0.3, -0.25) is 9.35 Å². The van der Waals surface area contributed by atoms with Crippen molar-refractivity contribution in [1.29, 1.82) is 0 Å². The minimum absolute atomic E-state index is 0.343. The van der Waals surface area contributed by atoms with E-state index in [1.54, 1.807) is 6.34 Å². The van der Waals surface area contributed by atoms with Crippen LogP contribution in [-0.4, -0.2) is 16.4 Å². The van der Waals surface area contributed by atoms with Crippen molar-refractivity contribution >= 4 is 22.5 Å². The van der Waals surface area contributed by atoms with E-state index >= 15 is 0 Å². The first-order chi connectivity index (χ1) is 3.84. The molecule has 1 aliphatic heterocycles. The number of hydrogen-bond acceptors (Lipinski definition) is 3. The lowest BCUT2D eigenvalue weighted by atomic mass is 10.4. The lowest BCUT2D eigenvalue weighted by molar-refractivity contribution is 0.439. The maximum atomic E-state index is 3.82. The van der Waals surface area contributed by atoms with Gasteiger partial charge in [-0.05, 0) is 6.42 Å². The minimum Gasteiger partial charge on any atom is -0.285 e. The minimum atomic E-state index is 0.343. The van der Waals surface area contributed by atoms with E-state index in [1.807, 2.05) is 3.93 Å². The first kappa shape index (κ1) is 5.88. The van der Waals surface area contributed by atoms with Crippen molar-refractivity contribution in [2.24, 2.45) is 5.10 Å². The van der Waals surface area contributed by atoms with Crippen molar-refractivity contribution in [3.8, 4) is 0 Å². The van der Waals surface area contributed by atoms with Crippen LogP contribution in [0.15, 0.2) is 5.10 Å². The van der Waals surface area contributed by atoms with Crippen molar-refractivity contribution in [2.45, 2.75) is 19.5 Å². The SMILES string of the molecule is CCC1NN=CN1Br. The van der Waals surface area contributed by atoms with Crippen molar-refractivity contribution in [2.75, 3.05) is 0 Å². The summed E-state index contributed by atoms with van der Waals surface area (Å²) in [5.74, 6) is 0. The summed E-state index contributed by atoms with van der Waals surface area (Å²) in [6.45, 7) is 2.10. The van der Waals surface area contributed by atoms with Gasteiger partial charge in [0.05, 0.1) is 16.1 Å². The highest BCUT2D eigenvalue weighted by Crippen LogP contribution is 2.07. The smallest absolute Gasteiger partial charge is 0.126 e. The Bertz CT molecular complexity index is 103. The summed E-state index contributed by atoms with van der Waals surface area (Å²) in [5, 5.41) is 3.82. The molecule has 1 rings (SSSR count). The van der Waals surface area contributed by atoms with Gasteiger partial charge in [0.2, 0.25) is 0 Å². The fourth-order valence-electron chi connectivity index (χ4n) is 0.576. The molecule has 1 atom stereocenters. The van der Waals surface area contributed by atoms with Crippen LogP contribution in [0.3, 0.4) is 0 Å². The summed E-state index contributed by atoms with van der Waals surface area (Å²) in [6.07, 6.45) is 3.11. The summed E-state index contributed by atoms with van der Waals surface area (Å²) in [7, 11) is 0. The second-order valence-corrected chi connectivity index (χ2v) is 2.46.